The quantitative estimate of drug-likeness (QED) is 0.876. The van der Waals surface area contributed by atoms with E-state index in [1.807, 2.05) is 31.2 Å². The lowest BCUT2D eigenvalue weighted by molar-refractivity contribution is 0.102. The molecule has 2 rings (SSSR count). The standard InChI is InChI=1S/C15H18N4O/c1-3-9-16-14-6-4-5-13(19-14)15(20)18-12-8-7-11(2)17-10-12/h4-8,10H,3,9H2,1-2H3,(H,16,19)(H,18,20). The van der Waals surface area contributed by atoms with E-state index in [1.54, 1.807) is 12.3 Å². The van der Waals surface area contributed by atoms with Crippen LogP contribution >= 0.6 is 0 Å². The number of aromatic nitrogens is 2. The van der Waals surface area contributed by atoms with Crippen LogP contribution in [0, 0.1) is 6.92 Å². The molecule has 0 aliphatic rings. The molecule has 0 atom stereocenters. The number of carbonyl (C=O) groups excluding carboxylic acids is 1. The number of nitrogens with one attached hydrogen (secondary N) is 2. The Kier molecular flexibility index (Phi) is 4.65. The summed E-state index contributed by atoms with van der Waals surface area (Å²) in [6.45, 7) is 4.81. The van der Waals surface area contributed by atoms with E-state index in [4.69, 9.17) is 0 Å². The predicted molar refractivity (Wildman–Crippen MR) is 79.9 cm³/mol. The molecule has 0 unspecified atom stereocenters. The summed E-state index contributed by atoms with van der Waals surface area (Å²) in [5.74, 6) is 0.470. The molecule has 2 heterocycles. The molecule has 104 valence electrons. The van der Waals surface area contributed by atoms with Gasteiger partial charge in [-0.25, -0.2) is 4.98 Å². The molecule has 0 aliphatic carbocycles. The minimum Gasteiger partial charge on any atom is -0.370 e. The molecular formula is C15H18N4O. The van der Waals surface area contributed by atoms with Gasteiger partial charge in [0.25, 0.3) is 5.91 Å². The molecule has 1 amide bonds. The largest absolute Gasteiger partial charge is 0.370 e. The monoisotopic (exact) mass is 270 g/mol. The van der Waals surface area contributed by atoms with Crippen molar-refractivity contribution in [1.29, 1.82) is 0 Å². The maximum atomic E-state index is 12.1. The zero-order valence-electron chi connectivity index (χ0n) is 11.7. The van der Waals surface area contributed by atoms with Gasteiger partial charge in [-0.05, 0) is 37.6 Å². The molecule has 0 saturated heterocycles. The number of pyridine rings is 2. The highest BCUT2D eigenvalue weighted by molar-refractivity contribution is 6.02. The van der Waals surface area contributed by atoms with Crippen molar-refractivity contribution < 1.29 is 4.79 Å². The number of hydrogen-bond acceptors (Lipinski definition) is 4. The average Bonchev–Trinajstić information content (AvgIpc) is 2.48. The van der Waals surface area contributed by atoms with Crippen LogP contribution in [0.15, 0.2) is 36.5 Å². The van der Waals surface area contributed by atoms with Crippen LogP contribution in [-0.2, 0) is 0 Å². The summed E-state index contributed by atoms with van der Waals surface area (Å²) in [7, 11) is 0. The molecule has 0 saturated carbocycles. The van der Waals surface area contributed by atoms with Gasteiger partial charge in [-0.1, -0.05) is 13.0 Å². The van der Waals surface area contributed by atoms with Crippen molar-refractivity contribution in [3.05, 3.63) is 47.9 Å². The fourth-order valence-electron chi connectivity index (χ4n) is 1.65. The third-order valence-corrected chi connectivity index (χ3v) is 2.71. The Morgan fingerprint density at radius 2 is 2.10 bits per heavy atom. The van der Waals surface area contributed by atoms with Crippen LogP contribution < -0.4 is 10.6 Å². The van der Waals surface area contributed by atoms with Gasteiger partial charge in [0.15, 0.2) is 0 Å². The Hall–Kier alpha value is -2.43. The third-order valence-electron chi connectivity index (χ3n) is 2.71. The predicted octanol–water partition coefficient (Wildman–Crippen LogP) is 2.86. The molecule has 0 aliphatic heterocycles. The van der Waals surface area contributed by atoms with Crippen molar-refractivity contribution in [3.8, 4) is 0 Å². The van der Waals surface area contributed by atoms with Crippen LogP contribution in [-0.4, -0.2) is 22.4 Å². The maximum absolute atomic E-state index is 12.1. The summed E-state index contributed by atoms with van der Waals surface area (Å²) in [5, 5.41) is 5.93. The summed E-state index contributed by atoms with van der Waals surface area (Å²) < 4.78 is 0. The molecule has 0 aromatic carbocycles. The van der Waals surface area contributed by atoms with Crippen LogP contribution in [0.2, 0.25) is 0 Å². The van der Waals surface area contributed by atoms with Crippen molar-refractivity contribution >= 4 is 17.4 Å². The van der Waals surface area contributed by atoms with E-state index < -0.39 is 0 Å². The van der Waals surface area contributed by atoms with Gasteiger partial charge in [-0.3, -0.25) is 9.78 Å². The van der Waals surface area contributed by atoms with Gasteiger partial charge in [-0.15, -0.1) is 0 Å². The molecule has 20 heavy (non-hydrogen) atoms. The molecule has 0 bridgehead atoms. The number of amides is 1. The number of aryl methyl sites for hydroxylation is 1. The lowest BCUT2D eigenvalue weighted by Gasteiger charge is -2.07. The Morgan fingerprint density at radius 1 is 1.25 bits per heavy atom. The van der Waals surface area contributed by atoms with Crippen molar-refractivity contribution in [2.24, 2.45) is 0 Å². The van der Waals surface area contributed by atoms with Crippen LogP contribution in [0.3, 0.4) is 0 Å². The second kappa shape index (κ2) is 6.65. The van der Waals surface area contributed by atoms with Crippen molar-refractivity contribution in [3.63, 3.8) is 0 Å². The van der Waals surface area contributed by atoms with E-state index in [-0.39, 0.29) is 5.91 Å². The highest BCUT2D eigenvalue weighted by atomic mass is 16.1. The Labute approximate surface area is 118 Å². The number of carbonyl (C=O) groups is 1. The summed E-state index contributed by atoms with van der Waals surface area (Å²) in [6.07, 6.45) is 2.64. The molecule has 0 radical (unpaired) electrons. The summed E-state index contributed by atoms with van der Waals surface area (Å²) in [6, 6.07) is 9.02. The first-order chi connectivity index (χ1) is 9.69. The zero-order valence-corrected chi connectivity index (χ0v) is 11.7. The first-order valence-electron chi connectivity index (χ1n) is 6.64. The lowest BCUT2D eigenvalue weighted by atomic mass is 10.3. The fourth-order valence-corrected chi connectivity index (χ4v) is 1.65. The van der Waals surface area contributed by atoms with Crippen molar-refractivity contribution in [2.45, 2.75) is 20.3 Å². The van der Waals surface area contributed by atoms with Crippen LogP contribution in [0.1, 0.15) is 29.5 Å². The highest BCUT2D eigenvalue weighted by Gasteiger charge is 2.08. The van der Waals surface area contributed by atoms with E-state index in [1.165, 1.54) is 0 Å². The third kappa shape index (κ3) is 3.78. The van der Waals surface area contributed by atoms with E-state index >= 15 is 0 Å². The van der Waals surface area contributed by atoms with Gasteiger partial charge in [0.2, 0.25) is 0 Å². The van der Waals surface area contributed by atoms with Crippen LogP contribution in [0.25, 0.3) is 0 Å². The second-order valence-electron chi connectivity index (χ2n) is 4.48. The molecule has 2 aromatic rings. The summed E-state index contributed by atoms with van der Waals surface area (Å²) >= 11 is 0. The molecule has 0 fully saturated rings. The van der Waals surface area contributed by atoms with E-state index in [2.05, 4.69) is 27.5 Å². The van der Waals surface area contributed by atoms with Gasteiger partial charge in [0.1, 0.15) is 11.5 Å². The minimum absolute atomic E-state index is 0.240. The Morgan fingerprint density at radius 3 is 2.80 bits per heavy atom. The van der Waals surface area contributed by atoms with Gasteiger partial charge < -0.3 is 10.6 Å². The number of rotatable bonds is 5. The SMILES string of the molecule is CCCNc1cccc(C(=O)Nc2ccc(C)nc2)n1. The number of hydrogen-bond donors (Lipinski definition) is 2. The van der Waals surface area contributed by atoms with Crippen molar-refractivity contribution in [2.75, 3.05) is 17.2 Å². The zero-order chi connectivity index (χ0) is 14.4. The highest BCUT2D eigenvalue weighted by Crippen LogP contribution is 2.09. The minimum atomic E-state index is -0.240. The lowest BCUT2D eigenvalue weighted by Crippen LogP contribution is -2.15. The van der Waals surface area contributed by atoms with Gasteiger partial charge in [0.05, 0.1) is 11.9 Å². The maximum Gasteiger partial charge on any atom is 0.274 e. The second-order valence-corrected chi connectivity index (χ2v) is 4.48. The Bertz CT molecular complexity index is 581. The van der Waals surface area contributed by atoms with Crippen LogP contribution in [0.5, 0.6) is 0 Å². The fraction of sp³-hybridized carbons (Fsp3) is 0.267. The van der Waals surface area contributed by atoms with E-state index in [0.717, 1.165) is 18.7 Å². The van der Waals surface area contributed by atoms with Gasteiger partial charge in [-0.2, -0.15) is 0 Å². The molecule has 5 nitrogen and oxygen atoms in total. The smallest absolute Gasteiger partial charge is 0.274 e. The first-order valence-corrected chi connectivity index (χ1v) is 6.64. The van der Waals surface area contributed by atoms with Gasteiger partial charge >= 0.3 is 0 Å². The average molecular weight is 270 g/mol. The van der Waals surface area contributed by atoms with Crippen molar-refractivity contribution in [1.82, 2.24) is 9.97 Å². The Balaban J connectivity index is 2.06. The molecule has 2 N–H and O–H groups in total. The topological polar surface area (TPSA) is 66.9 Å². The van der Waals surface area contributed by atoms with Crippen LogP contribution in [0.4, 0.5) is 11.5 Å². The molecule has 2 aromatic heterocycles. The molecule has 0 spiro atoms. The number of anilines is 2. The first kappa shape index (κ1) is 14.0. The summed E-state index contributed by atoms with van der Waals surface area (Å²) in [4.78, 5) is 20.5. The molecule has 5 heteroatoms. The molecular weight excluding hydrogens is 252 g/mol. The van der Waals surface area contributed by atoms with Gasteiger partial charge in [0, 0.05) is 12.2 Å². The normalized spacial score (nSPS) is 10.1. The summed E-state index contributed by atoms with van der Waals surface area (Å²) in [5.41, 5.74) is 1.95. The van der Waals surface area contributed by atoms with E-state index in [0.29, 0.717) is 17.2 Å². The van der Waals surface area contributed by atoms with E-state index in [9.17, 15) is 4.79 Å². The number of nitrogens with zero attached hydrogens (tertiary/aromatic N) is 2.